The molecule has 1 unspecified atom stereocenters. The van der Waals surface area contributed by atoms with E-state index < -0.39 is 0 Å². The Bertz CT molecular complexity index is 1140. The molecule has 1 aliphatic carbocycles. The number of hydrogen-bond acceptors (Lipinski definition) is 3. The van der Waals surface area contributed by atoms with Crippen molar-refractivity contribution in [3.63, 3.8) is 0 Å². The molecule has 1 atom stereocenters. The first kappa shape index (κ1) is 19.6. The standard InChI is InChI=1S/C21H22Cl2N6/c22-13-1-4-15(5-2-13)27-16-9-12(7-8-26-21(24)29-25)20-18(11-16)17-10-14(23)3-6-19(17)28-20/h1-4,6,9-11,15,27-28H,5,7-8,25H2,(H3,24,26,29). The molecular formula is C21H22Cl2N6. The van der Waals surface area contributed by atoms with Crippen LogP contribution in [0, 0.1) is 0 Å². The number of aromatic amines is 1. The van der Waals surface area contributed by atoms with Crippen molar-refractivity contribution in [3.05, 3.63) is 64.2 Å². The molecule has 0 spiro atoms. The molecule has 0 bridgehead atoms. The molecule has 0 saturated heterocycles. The number of aromatic nitrogens is 1. The minimum Gasteiger partial charge on any atom is -0.378 e. The summed E-state index contributed by atoms with van der Waals surface area (Å²) >= 11 is 12.3. The fourth-order valence-corrected chi connectivity index (χ4v) is 3.92. The second-order valence-corrected chi connectivity index (χ2v) is 7.84. The van der Waals surface area contributed by atoms with Crippen LogP contribution in [0.15, 0.2) is 58.6 Å². The zero-order chi connectivity index (χ0) is 20.4. The molecule has 7 N–H and O–H groups in total. The second kappa shape index (κ2) is 8.37. The summed E-state index contributed by atoms with van der Waals surface area (Å²) < 4.78 is 0. The predicted molar refractivity (Wildman–Crippen MR) is 123 cm³/mol. The van der Waals surface area contributed by atoms with Crippen molar-refractivity contribution in [1.82, 2.24) is 10.4 Å². The van der Waals surface area contributed by atoms with E-state index in [0.29, 0.717) is 18.0 Å². The molecule has 0 radical (unpaired) electrons. The molecule has 3 aromatic rings. The first-order valence-electron chi connectivity index (χ1n) is 9.34. The summed E-state index contributed by atoms with van der Waals surface area (Å²) in [5.41, 5.74) is 12.3. The van der Waals surface area contributed by atoms with Gasteiger partial charge in [0.05, 0.1) is 0 Å². The van der Waals surface area contributed by atoms with E-state index in [2.05, 4.69) is 38.9 Å². The molecule has 0 fully saturated rings. The van der Waals surface area contributed by atoms with Crippen molar-refractivity contribution < 1.29 is 0 Å². The lowest BCUT2D eigenvalue weighted by atomic mass is 10.0. The number of anilines is 1. The molecule has 150 valence electrons. The van der Waals surface area contributed by atoms with E-state index in [0.717, 1.165) is 44.5 Å². The smallest absolute Gasteiger partial charge is 0.203 e. The summed E-state index contributed by atoms with van der Waals surface area (Å²) in [4.78, 5) is 7.75. The number of nitrogens with two attached hydrogens (primary N) is 2. The van der Waals surface area contributed by atoms with Crippen LogP contribution in [0.25, 0.3) is 21.8 Å². The van der Waals surface area contributed by atoms with E-state index in [1.807, 2.05) is 30.4 Å². The lowest BCUT2D eigenvalue weighted by molar-refractivity contribution is 0.879. The Morgan fingerprint density at radius 1 is 1.21 bits per heavy atom. The second-order valence-electron chi connectivity index (χ2n) is 6.97. The van der Waals surface area contributed by atoms with Gasteiger partial charge in [-0.25, -0.2) is 5.84 Å². The maximum Gasteiger partial charge on any atom is 0.203 e. The number of fused-ring (bicyclic) bond motifs is 3. The Morgan fingerprint density at radius 3 is 2.83 bits per heavy atom. The third-order valence-electron chi connectivity index (χ3n) is 4.97. The van der Waals surface area contributed by atoms with E-state index in [9.17, 15) is 0 Å². The molecule has 0 amide bonds. The zero-order valence-corrected chi connectivity index (χ0v) is 17.2. The third kappa shape index (κ3) is 4.34. The van der Waals surface area contributed by atoms with E-state index in [-0.39, 0.29) is 12.0 Å². The van der Waals surface area contributed by atoms with Gasteiger partial charge in [0.25, 0.3) is 0 Å². The van der Waals surface area contributed by atoms with Crippen molar-refractivity contribution in [2.75, 3.05) is 11.9 Å². The number of rotatable bonds is 5. The van der Waals surface area contributed by atoms with E-state index in [1.54, 1.807) is 0 Å². The maximum atomic E-state index is 6.25. The Labute approximate surface area is 178 Å². The molecule has 8 heteroatoms. The highest BCUT2D eigenvalue weighted by Crippen LogP contribution is 2.33. The maximum absolute atomic E-state index is 6.25. The van der Waals surface area contributed by atoms with Gasteiger partial charge in [0.15, 0.2) is 0 Å². The van der Waals surface area contributed by atoms with Crippen LogP contribution in [-0.2, 0) is 6.42 Å². The monoisotopic (exact) mass is 428 g/mol. The molecule has 2 aromatic carbocycles. The van der Waals surface area contributed by atoms with Crippen LogP contribution >= 0.6 is 23.2 Å². The van der Waals surface area contributed by atoms with Crippen LogP contribution in [0.2, 0.25) is 5.02 Å². The Hall–Kier alpha value is -2.67. The minimum atomic E-state index is 0.187. The average molecular weight is 429 g/mol. The van der Waals surface area contributed by atoms with Crippen LogP contribution in [0.5, 0.6) is 0 Å². The number of nitrogens with zero attached hydrogens (tertiary/aromatic N) is 1. The lowest BCUT2D eigenvalue weighted by Gasteiger charge is -2.18. The summed E-state index contributed by atoms with van der Waals surface area (Å²) in [5.74, 6) is 5.51. The van der Waals surface area contributed by atoms with Crippen molar-refractivity contribution in [3.8, 4) is 0 Å². The van der Waals surface area contributed by atoms with E-state index in [4.69, 9.17) is 34.8 Å². The molecule has 4 rings (SSSR count). The molecule has 1 aromatic heterocycles. The fourth-order valence-electron chi connectivity index (χ4n) is 3.58. The Morgan fingerprint density at radius 2 is 2.07 bits per heavy atom. The number of allylic oxidation sites excluding steroid dienone is 2. The number of H-pyrrole nitrogens is 1. The number of halogens is 2. The molecular weight excluding hydrogens is 407 g/mol. The van der Waals surface area contributed by atoms with E-state index >= 15 is 0 Å². The van der Waals surface area contributed by atoms with Crippen LogP contribution < -0.4 is 22.3 Å². The molecule has 0 saturated carbocycles. The quantitative estimate of drug-likeness (QED) is 0.182. The highest BCUT2D eigenvalue weighted by molar-refractivity contribution is 6.32. The molecule has 0 aliphatic heterocycles. The van der Waals surface area contributed by atoms with Gasteiger partial charge in [0.2, 0.25) is 5.96 Å². The van der Waals surface area contributed by atoms with Gasteiger partial charge < -0.3 is 16.0 Å². The van der Waals surface area contributed by atoms with Crippen molar-refractivity contribution in [1.29, 1.82) is 0 Å². The summed E-state index contributed by atoms with van der Waals surface area (Å²) in [5, 5.41) is 7.27. The number of hydrogen-bond donors (Lipinski definition) is 5. The minimum absolute atomic E-state index is 0.187. The van der Waals surface area contributed by atoms with Crippen LogP contribution in [0.3, 0.4) is 0 Å². The average Bonchev–Trinajstić information content (AvgIpc) is 3.07. The van der Waals surface area contributed by atoms with Gasteiger partial charge in [-0.3, -0.25) is 10.4 Å². The predicted octanol–water partition coefficient (Wildman–Crippen LogP) is 4.16. The normalized spacial score (nSPS) is 17.0. The van der Waals surface area contributed by atoms with Crippen LogP contribution in [0.4, 0.5) is 5.69 Å². The van der Waals surface area contributed by atoms with Gasteiger partial charge in [-0.15, -0.1) is 0 Å². The van der Waals surface area contributed by atoms with Crippen molar-refractivity contribution in [2.45, 2.75) is 18.9 Å². The first-order valence-corrected chi connectivity index (χ1v) is 10.1. The number of aliphatic imine (C=N–C) groups is 1. The number of nitrogens with one attached hydrogen (secondary N) is 3. The van der Waals surface area contributed by atoms with Crippen LogP contribution in [0.1, 0.15) is 12.0 Å². The summed E-state index contributed by atoms with van der Waals surface area (Å²) in [6.07, 6.45) is 7.56. The summed E-state index contributed by atoms with van der Waals surface area (Å²) in [6.45, 7) is 0.520. The number of hydrazine groups is 1. The van der Waals surface area contributed by atoms with Crippen molar-refractivity contribution >= 4 is 56.7 Å². The highest BCUT2D eigenvalue weighted by Gasteiger charge is 2.13. The summed E-state index contributed by atoms with van der Waals surface area (Å²) in [7, 11) is 0. The SMILES string of the molecule is NNC(N)=NCCc1cc(NC2C=CC(Cl)=CC2)cc2c1[nH]c1ccc(Cl)cc12. The van der Waals surface area contributed by atoms with Gasteiger partial charge >= 0.3 is 0 Å². The first-order chi connectivity index (χ1) is 14.0. The van der Waals surface area contributed by atoms with Gasteiger partial charge in [-0.05, 0) is 54.8 Å². The molecule has 1 heterocycles. The van der Waals surface area contributed by atoms with Crippen molar-refractivity contribution in [2.24, 2.45) is 16.6 Å². The third-order valence-corrected chi connectivity index (χ3v) is 5.48. The molecule has 29 heavy (non-hydrogen) atoms. The largest absolute Gasteiger partial charge is 0.378 e. The Balaban J connectivity index is 1.74. The molecule has 6 nitrogen and oxygen atoms in total. The lowest BCUT2D eigenvalue weighted by Crippen LogP contribution is -2.37. The highest BCUT2D eigenvalue weighted by atomic mass is 35.5. The van der Waals surface area contributed by atoms with Gasteiger partial charge in [-0.1, -0.05) is 35.4 Å². The summed E-state index contributed by atoms with van der Waals surface area (Å²) in [6, 6.07) is 10.4. The van der Waals surface area contributed by atoms with Gasteiger partial charge in [-0.2, -0.15) is 0 Å². The van der Waals surface area contributed by atoms with Gasteiger partial charge in [0, 0.05) is 50.1 Å². The molecule has 1 aliphatic rings. The van der Waals surface area contributed by atoms with E-state index in [1.165, 1.54) is 0 Å². The van der Waals surface area contributed by atoms with Gasteiger partial charge in [0.1, 0.15) is 0 Å². The zero-order valence-electron chi connectivity index (χ0n) is 15.7. The number of benzene rings is 2. The Kier molecular flexibility index (Phi) is 5.67. The fraction of sp³-hybridized carbons (Fsp3) is 0.190. The van der Waals surface area contributed by atoms with Crippen LogP contribution in [-0.4, -0.2) is 23.5 Å². The number of guanidine groups is 1. The topological polar surface area (TPSA) is 104 Å².